The average Bonchev–Trinajstić information content (AvgIpc) is 3.44. The molecule has 164 valence electrons. The van der Waals surface area contributed by atoms with Gasteiger partial charge in [0.25, 0.3) is 0 Å². The SMILES string of the molecule is CN(Cc1c(F)ccc2c1CCO2)c1ncc(C2CCN(N(C)C)CC2)c2nncn12. The van der Waals surface area contributed by atoms with Gasteiger partial charge < -0.3 is 9.64 Å². The molecular formula is C22H28FN7O. The molecule has 0 saturated carbocycles. The molecule has 2 aliphatic rings. The minimum atomic E-state index is -0.208. The number of benzene rings is 1. The molecule has 1 fully saturated rings. The Balaban J connectivity index is 1.42. The molecular weight excluding hydrogens is 397 g/mol. The number of ether oxygens (including phenoxy) is 1. The van der Waals surface area contributed by atoms with Gasteiger partial charge in [-0.1, -0.05) is 0 Å². The summed E-state index contributed by atoms with van der Waals surface area (Å²) in [5.41, 5.74) is 3.59. The number of hydrazine groups is 1. The third kappa shape index (κ3) is 3.61. The van der Waals surface area contributed by atoms with E-state index in [1.807, 2.05) is 22.5 Å². The Bertz CT molecular complexity index is 1090. The summed E-state index contributed by atoms with van der Waals surface area (Å²) in [6, 6.07) is 3.20. The van der Waals surface area contributed by atoms with Gasteiger partial charge in [0.15, 0.2) is 5.65 Å². The van der Waals surface area contributed by atoms with Crippen molar-refractivity contribution in [3.05, 3.63) is 47.2 Å². The number of nitrogens with zero attached hydrogens (tertiary/aromatic N) is 7. The van der Waals surface area contributed by atoms with Gasteiger partial charge in [-0.2, -0.15) is 0 Å². The number of hydrogen-bond acceptors (Lipinski definition) is 7. The third-order valence-electron chi connectivity index (χ3n) is 6.49. The van der Waals surface area contributed by atoms with Crippen LogP contribution in [0.5, 0.6) is 5.75 Å². The molecule has 1 saturated heterocycles. The monoisotopic (exact) mass is 425 g/mol. The van der Waals surface area contributed by atoms with Gasteiger partial charge in [0.2, 0.25) is 5.95 Å². The highest BCUT2D eigenvalue weighted by atomic mass is 19.1. The quantitative estimate of drug-likeness (QED) is 0.622. The van der Waals surface area contributed by atoms with Crippen LogP contribution in [0, 0.1) is 5.82 Å². The lowest BCUT2D eigenvalue weighted by molar-refractivity contribution is 0.00237. The van der Waals surface area contributed by atoms with Gasteiger partial charge in [-0.25, -0.2) is 19.4 Å². The van der Waals surface area contributed by atoms with Crippen LogP contribution in [-0.2, 0) is 13.0 Å². The van der Waals surface area contributed by atoms with Crippen LogP contribution in [0.4, 0.5) is 10.3 Å². The standard InChI is InChI=1S/C22H28FN7O/c1-27(2)29-9-6-15(7-10-29)17-12-24-22(30-14-25-26-21(17)30)28(3)13-18-16-8-11-31-20(16)5-4-19(18)23/h4-5,12,14-15H,6-11,13H2,1-3H3. The topological polar surface area (TPSA) is 62.0 Å². The van der Waals surface area contributed by atoms with E-state index in [-0.39, 0.29) is 5.82 Å². The highest BCUT2D eigenvalue weighted by Crippen LogP contribution is 2.33. The second kappa shape index (κ2) is 8.05. The molecule has 8 nitrogen and oxygen atoms in total. The van der Waals surface area contributed by atoms with Crippen LogP contribution < -0.4 is 9.64 Å². The van der Waals surface area contributed by atoms with Crippen LogP contribution in [0.2, 0.25) is 0 Å². The Kier molecular flexibility index (Phi) is 5.23. The largest absolute Gasteiger partial charge is 0.493 e. The minimum absolute atomic E-state index is 0.208. The van der Waals surface area contributed by atoms with Gasteiger partial charge >= 0.3 is 0 Å². The van der Waals surface area contributed by atoms with E-state index in [2.05, 4.69) is 34.3 Å². The maximum atomic E-state index is 14.6. The number of halogens is 1. The molecule has 0 bridgehead atoms. The smallest absolute Gasteiger partial charge is 0.212 e. The minimum Gasteiger partial charge on any atom is -0.493 e. The van der Waals surface area contributed by atoms with Crippen LogP contribution in [0.1, 0.15) is 35.4 Å². The molecule has 3 aromatic rings. The van der Waals surface area contributed by atoms with Crippen LogP contribution in [0.25, 0.3) is 5.65 Å². The van der Waals surface area contributed by atoms with Crippen molar-refractivity contribution < 1.29 is 9.13 Å². The van der Waals surface area contributed by atoms with Gasteiger partial charge in [0, 0.05) is 70.1 Å². The van der Waals surface area contributed by atoms with Crippen molar-refractivity contribution in [2.75, 3.05) is 45.7 Å². The Morgan fingerprint density at radius 2 is 2.00 bits per heavy atom. The summed E-state index contributed by atoms with van der Waals surface area (Å²) in [4.78, 5) is 6.71. The molecule has 9 heteroatoms. The van der Waals surface area contributed by atoms with Crippen molar-refractivity contribution in [1.82, 2.24) is 29.6 Å². The first-order valence-corrected chi connectivity index (χ1v) is 10.8. The van der Waals surface area contributed by atoms with Crippen LogP contribution in [-0.4, -0.2) is 70.4 Å². The van der Waals surface area contributed by atoms with Crippen molar-refractivity contribution in [3.63, 3.8) is 0 Å². The normalized spacial score (nSPS) is 17.3. The summed E-state index contributed by atoms with van der Waals surface area (Å²) in [5, 5.41) is 13.1. The van der Waals surface area contributed by atoms with Gasteiger partial charge in [0.1, 0.15) is 17.9 Å². The Labute approximate surface area is 181 Å². The van der Waals surface area contributed by atoms with E-state index in [0.717, 1.165) is 54.9 Å². The summed E-state index contributed by atoms with van der Waals surface area (Å²) in [6.45, 7) is 3.03. The Morgan fingerprint density at radius 3 is 2.77 bits per heavy atom. The van der Waals surface area contributed by atoms with E-state index in [9.17, 15) is 4.39 Å². The fourth-order valence-corrected chi connectivity index (χ4v) is 4.77. The van der Waals surface area contributed by atoms with E-state index in [1.165, 1.54) is 6.07 Å². The van der Waals surface area contributed by atoms with Crippen molar-refractivity contribution in [1.29, 1.82) is 0 Å². The highest BCUT2D eigenvalue weighted by Gasteiger charge is 2.26. The van der Waals surface area contributed by atoms with E-state index in [0.29, 0.717) is 30.6 Å². The van der Waals surface area contributed by atoms with Crippen LogP contribution in [0.15, 0.2) is 24.7 Å². The second-order valence-electron chi connectivity index (χ2n) is 8.57. The molecule has 0 atom stereocenters. The van der Waals surface area contributed by atoms with Gasteiger partial charge in [0.05, 0.1) is 6.61 Å². The zero-order valence-corrected chi connectivity index (χ0v) is 18.3. The molecule has 0 N–H and O–H groups in total. The number of piperidine rings is 1. The summed E-state index contributed by atoms with van der Waals surface area (Å²) in [5.74, 6) is 1.68. The lowest BCUT2D eigenvalue weighted by atomic mass is 9.91. The number of aromatic nitrogens is 4. The Morgan fingerprint density at radius 1 is 1.19 bits per heavy atom. The number of rotatable bonds is 5. The zero-order valence-electron chi connectivity index (χ0n) is 18.3. The van der Waals surface area contributed by atoms with Crippen LogP contribution in [0.3, 0.4) is 0 Å². The molecule has 0 radical (unpaired) electrons. The van der Waals surface area contributed by atoms with Crippen molar-refractivity contribution in [2.24, 2.45) is 0 Å². The molecule has 0 spiro atoms. The Hall–Kier alpha value is -2.78. The molecule has 2 aromatic heterocycles. The molecule has 2 aliphatic heterocycles. The van der Waals surface area contributed by atoms with Crippen molar-refractivity contribution in [3.8, 4) is 5.75 Å². The van der Waals surface area contributed by atoms with E-state index in [1.54, 1.807) is 12.4 Å². The third-order valence-corrected chi connectivity index (χ3v) is 6.49. The molecule has 5 rings (SSSR count). The maximum Gasteiger partial charge on any atom is 0.212 e. The first-order valence-electron chi connectivity index (χ1n) is 10.8. The molecule has 1 aromatic carbocycles. The molecule has 31 heavy (non-hydrogen) atoms. The summed E-state index contributed by atoms with van der Waals surface area (Å²) in [7, 11) is 6.09. The van der Waals surface area contributed by atoms with Crippen LogP contribution >= 0.6 is 0 Å². The maximum absolute atomic E-state index is 14.6. The lowest BCUT2D eigenvalue weighted by Crippen LogP contribution is -2.42. The molecule has 0 unspecified atom stereocenters. The number of hydrogen-bond donors (Lipinski definition) is 0. The average molecular weight is 426 g/mol. The van der Waals surface area contributed by atoms with E-state index >= 15 is 0 Å². The van der Waals surface area contributed by atoms with Crippen molar-refractivity contribution in [2.45, 2.75) is 31.7 Å². The van der Waals surface area contributed by atoms with Crippen molar-refractivity contribution >= 4 is 11.6 Å². The number of fused-ring (bicyclic) bond motifs is 2. The van der Waals surface area contributed by atoms with E-state index in [4.69, 9.17) is 9.72 Å². The second-order valence-corrected chi connectivity index (χ2v) is 8.57. The molecule has 0 aliphatic carbocycles. The summed E-state index contributed by atoms with van der Waals surface area (Å²) in [6.07, 6.45) is 6.47. The summed E-state index contributed by atoms with van der Waals surface area (Å²) < 4.78 is 22.2. The molecule has 0 amide bonds. The zero-order chi connectivity index (χ0) is 21.5. The fraction of sp³-hybridized carbons (Fsp3) is 0.500. The van der Waals surface area contributed by atoms with Gasteiger partial charge in [-0.15, -0.1) is 10.2 Å². The highest BCUT2D eigenvalue weighted by molar-refractivity contribution is 5.54. The predicted molar refractivity (Wildman–Crippen MR) is 116 cm³/mol. The summed E-state index contributed by atoms with van der Waals surface area (Å²) >= 11 is 0. The van der Waals surface area contributed by atoms with Gasteiger partial charge in [-0.05, 0) is 30.9 Å². The first kappa shape index (κ1) is 20.1. The van der Waals surface area contributed by atoms with Gasteiger partial charge in [-0.3, -0.25) is 4.40 Å². The number of anilines is 1. The fourth-order valence-electron chi connectivity index (χ4n) is 4.77. The van der Waals surface area contributed by atoms with E-state index < -0.39 is 0 Å². The first-order chi connectivity index (χ1) is 15.0. The molecule has 4 heterocycles. The predicted octanol–water partition coefficient (Wildman–Crippen LogP) is 2.49. The lowest BCUT2D eigenvalue weighted by Gasteiger charge is -2.36.